The number of nitrogens with one attached hydrogen (secondary N) is 2. The normalized spacial score (nSPS) is 12.5. The van der Waals surface area contributed by atoms with E-state index in [-0.39, 0.29) is 11.8 Å². The largest absolute Gasteiger partial charge is 0.325 e. The fraction of sp³-hybridized carbons (Fsp3) is 0.417. The predicted octanol–water partition coefficient (Wildman–Crippen LogP) is 2.80. The van der Waals surface area contributed by atoms with Gasteiger partial charge in [-0.15, -0.1) is 0 Å². The SMILES string of the molecule is CNCC(C)C(=O)Nc1ccccc1SC(F)F. The second kappa shape index (κ2) is 7.33. The van der Waals surface area contributed by atoms with Gasteiger partial charge in [0.15, 0.2) is 0 Å². The van der Waals surface area contributed by atoms with Gasteiger partial charge in [0.25, 0.3) is 5.76 Å². The van der Waals surface area contributed by atoms with Crippen LogP contribution in [0, 0.1) is 5.92 Å². The van der Waals surface area contributed by atoms with Gasteiger partial charge < -0.3 is 10.6 Å². The zero-order valence-corrected chi connectivity index (χ0v) is 11.1. The van der Waals surface area contributed by atoms with Gasteiger partial charge in [0, 0.05) is 17.4 Å². The number of amides is 1. The van der Waals surface area contributed by atoms with Gasteiger partial charge in [-0.1, -0.05) is 30.8 Å². The van der Waals surface area contributed by atoms with Crippen LogP contribution >= 0.6 is 11.8 Å². The smallest absolute Gasteiger partial charge is 0.288 e. The van der Waals surface area contributed by atoms with Crippen LogP contribution in [0.2, 0.25) is 0 Å². The van der Waals surface area contributed by atoms with Crippen molar-refractivity contribution in [1.29, 1.82) is 0 Å². The van der Waals surface area contributed by atoms with Crippen molar-refractivity contribution in [2.45, 2.75) is 17.6 Å². The minimum atomic E-state index is -2.50. The van der Waals surface area contributed by atoms with Crippen LogP contribution in [0.3, 0.4) is 0 Å². The van der Waals surface area contributed by atoms with Gasteiger partial charge in [0.1, 0.15) is 0 Å². The van der Waals surface area contributed by atoms with Gasteiger partial charge in [-0.25, -0.2) is 0 Å². The summed E-state index contributed by atoms with van der Waals surface area (Å²) in [5.41, 5.74) is 0.427. The summed E-state index contributed by atoms with van der Waals surface area (Å²) in [6, 6.07) is 6.55. The molecule has 1 atom stereocenters. The maximum Gasteiger partial charge on any atom is 0.288 e. The van der Waals surface area contributed by atoms with Gasteiger partial charge in [0.2, 0.25) is 5.91 Å². The minimum absolute atomic E-state index is 0.188. The molecule has 0 saturated carbocycles. The first kappa shape index (κ1) is 14.9. The Morgan fingerprint density at radius 3 is 2.67 bits per heavy atom. The van der Waals surface area contributed by atoms with Gasteiger partial charge >= 0.3 is 0 Å². The Hall–Kier alpha value is -1.14. The van der Waals surface area contributed by atoms with Crippen LogP contribution in [0.25, 0.3) is 0 Å². The van der Waals surface area contributed by atoms with Crippen LogP contribution in [-0.4, -0.2) is 25.3 Å². The molecule has 0 aromatic heterocycles. The lowest BCUT2D eigenvalue weighted by atomic mass is 10.1. The van der Waals surface area contributed by atoms with E-state index in [1.165, 1.54) is 0 Å². The molecule has 2 N–H and O–H groups in total. The summed E-state index contributed by atoms with van der Waals surface area (Å²) in [5, 5.41) is 5.56. The highest BCUT2D eigenvalue weighted by molar-refractivity contribution is 7.99. The number of rotatable bonds is 6. The number of halogens is 2. The van der Waals surface area contributed by atoms with Crippen molar-refractivity contribution >= 4 is 23.4 Å². The monoisotopic (exact) mass is 274 g/mol. The highest BCUT2D eigenvalue weighted by Gasteiger charge is 2.15. The lowest BCUT2D eigenvalue weighted by molar-refractivity contribution is -0.119. The Bertz CT molecular complexity index is 401. The van der Waals surface area contributed by atoms with Gasteiger partial charge in [-0.2, -0.15) is 8.78 Å². The first-order chi connectivity index (χ1) is 8.54. The quantitative estimate of drug-likeness (QED) is 0.784. The molecule has 1 aromatic rings. The maximum atomic E-state index is 12.4. The fourth-order valence-corrected chi connectivity index (χ4v) is 2.02. The highest BCUT2D eigenvalue weighted by atomic mass is 32.2. The van der Waals surface area contributed by atoms with E-state index >= 15 is 0 Å². The van der Waals surface area contributed by atoms with Crippen LogP contribution in [0.15, 0.2) is 29.2 Å². The molecule has 100 valence electrons. The molecule has 1 amide bonds. The second-order valence-corrected chi connectivity index (χ2v) is 4.85. The van der Waals surface area contributed by atoms with E-state index < -0.39 is 5.76 Å². The Labute approximate surface area is 109 Å². The van der Waals surface area contributed by atoms with E-state index in [1.807, 2.05) is 0 Å². The summed E-state index contributed by atoms with van der Waals surface area (Å²) in [7, 11) is 1.75. The lowest BCUT2D eigenvalue weighted by Crippen LogP contribution is -2.28. The molecule has 0 fully saturated rings. The number of carbonyl (C=O) groups is 1. The third-order valence-corrected chi connectivity index (χ3v) is 3.11. The molecule has 0 bridgehead atoms. The van der Waals surface area contributed by atoms with Crippen molar-refractivity contribution in [2.24, 2.45) is 5.92 Å². The first-order valence-electron chi connectivity index (χ1n) is 5.54. The van der Waals surface area contributed by atoms with Crippen LogP contribution in [-0.2, 0) is 4.79 Å². The zero-order chi connectivity index (χ0) is 13.5. The Balaban J connectivity index is 2.74. The van der Waals surface area contributed by atoms with Crippen molar-refractivity contribution in [1.82, 2.24) is 5.32 Å². The minimum Gasteiger partial charge on any atom is -0.325 e. The van der Waals surface area contributed by atoms with E-state index in [4.69, 9.17) is 0 Å². The molecule has 0 heterocycles. The maximum absolute atomic E-state index is 12.4. The van der Waals surface area contributed by atoms with Crippen LogP contribution in [0.4, 0.5) is 14.5 Å². The number of anilines is 1. The Morgan fingerprint density at radius 2 is 2.06 bits per heavy atom. The van der Waals surface area contributed by atoms with Gasteiger partial charge in [0.05, 0.1) is 5.69 Å². The average Bonchev–Trinajstić information content (AvgIpc) is 2.31. The molecule has 0 aliphatic rings. The average molecular weight is 274 g/mol. The molecule has 0 aliphatic heterocycles. The predicted molar refractivity (Wildman–Crippen MR) is 70.0 cm³/mol. The first-order valence-corrected chi connectivity index (χ1v) is 6.42. The standard InChI is InChI=1S/C12H16F2N2OS/c1-8(7-15-2)11(17)16-9-5-3-4-6-10(9)18-12(13)14/h3-6,8,12,15H,7H2,1-2H3,(H,16,17). The molecule has 18 heavy (non-hydrogen) atoms. The van der Waals surface area contributed by atoms with Gasteiger partial charge in [-0.3, -0.25) is 4.79 Å². The molecular formula is C12H16F2N2OS. The van der Waals surface area contributed by atoms with Crippen molar-refractivity contribution in [2.75, 3.05) is 18.9 Å². The number of alkyl halides is 2. The highest BCUT2D eigenvalue weighted by Crippen LogP contribution is 2.31. The molecule has 0 saturated heterocycles. The number of benzene rings is 1. The van der Waals surface area contributed by atoms with Crippen molar-refractivity contribution < 1.29 is 13.6 Å². The van der Waals surface area contributed by atoms with E-state index in [9.17, 15) is 13.6 Å². The van der Waals surface area contributed by atoms with Crippen LogP contribution in [0.1, 0.15) is 6.92 Å². The molecule has 1 rings (SSSR count). The van der Waals surface area contributed by atoms with E-state index in [0.29, 0.717) is 28.9 Å². The molecule has 1 unspecified atom stereocenters. The summed E-state index contributed by atoms with van der Waals surface area (Å²) in [4.78, 5) is 12.2. The molecule has 6 heteroatoms. The summed E-state index contributed by atoms with van der Waals surface area (Å²) in [6.07, 6.45) is 0. The molecule has 3 nitrogen and oxygen atoms in total. The van der Waals surface area contributed by atoms with Crippen molar-refractivity contribution in [3.63, 3.8) is 0 Å². The molecule has 1 aromatic carbocycles. The third-order valence-electron chi connectivity index (χ3n) is 2.32. The van der Waals surface area contributed by atoms with Crippen LogP contribution in [0.5, 0.6) is 0 Å². The lowest BCUT2D eigenvalue weighted by Gasteiger charge is -2.14. The second-order valence-electron chi connectivity index (χ2n) is 3.82. The third kappa shape index (κ3) is 4.62. The molecule has 0 radical (unpaired) electrons. The Kier molecular flexibility index (Phi) is 6.07. The number of hydrogen-bond acceptors (Lipinski definition) is 3. The van der Waals surface area contributed by atoms with E-state index in [0.717, 1.165) is 0 Å². The van der Waals surface area contributed by atoms with Crippen molar-refractivity contribution in [3.05, 3.63) is 24.3 Å². The summed E-state index contributed by atoms with van der Waals surface area (Å²) < 4.78 is 24.7. The number of para-hydroxylation sites is 1. The zero-order valence-electron chi connectivity index (χ0n) is 10.2. The summed E-state index contributed by atoms with van der Waals surface area (Å²) in [5.74, 6) is -2.91. The molecular weight excluding hydrogens is 258 g/mol. The van der Waals surface area contributed by atoms with Crippen molar-refractivity contribution in [3.8, 4) is 0 Å². The van der Waals surface area contributed by atoms with Crippen LogP contribution < -0.4 is 10.6 Å². The fourth-order valence-electron chi connectivity index (χ4n) is 1.42. The summed E-state index contributed by atoms with van der Waals surface area (Å²) in [6.45, 7) is 2.31. The van der Waals surface area contributed by atoms with E-state index in [1.54, 1.807) is 38.2 Å². The number of carbonyl (C=O) groups excluding carboxylic acids is 1. The topological polar surface area (TPSA) is 41.1 Å². The number of hydrogen-bond donors (Lipinski definition) is 2. The van der Waals surface area contributed by atoms with Gasteiger partial charge in [-0.05, 0) is 19.2 Å². The number of thioether (sulfide) groups is 1. The molecule has 0 spiro atoms. The summed E-state index contributed by atoms with van der Waals surface area (Å²) >= 11 is 0.428. The Morgan fingerprint density at radius 1 is 1.39 bits per heavy atom. The van der Waals surface area contributed by atoms with E-state index in [2.05, 4.69) is 10.6 Å². The molecule has 0 aliphatic carbocycles.